The number of hydrogen-bond donors (Lipinski definition) is 0. The van der Waals surface area contributed by atoms with Crippen molar-refractivity contribution in [3.05, 3.63) is 42.1 Å². The Morgan fingerprint density at radius 1 is 1.29 bits per heavy atom. The molecule has 0 aliphatic carbocycles. The van der Waals surface area contributed by atoms with Crippen molar-refractivity contribution in [2.45, 2.75) is 33.4 Å². The van der Waals surface area contributed by atoms with Gasteiger partial charge >= 0.3 is 5.97 Å². The molecule has 0 radical (unpaired) electrons. The summed E-state index contributed by atoms with van der Waals surface area (Å²) in [6, 6.07) is 10.4. The van der Waals surface area contributed by atoms with Gasteiger partial charge in [-0.25, -0.2) is 0 Å². The maximum Gasteiger partial charge on any atom is 0.320 e. The van der Waals surface area contributed by atoms with Gasteiger partial charge in [-0.2, -0.15) is 0 Å². The molecule has 2 rings (SSSR count). The van der Waals surface area contributed by atoms with Crippen LogP contribution < -0.4 is 0 Å². The van der Waals surface area contributed by atoms with E-state index in [0.29, 0.717) is 19.7 Å². The average Bonchev–Trinajstić information content (AvgIpc) is 2.47. The number of para-hydroxylation sites is 1. The normalized spacial score (nSPS) is 11.3. The van der Waals surface area contributed by atoms with Gasteiger partial charge < -0.3 is 4.74 Å². The molecule has 0 saturated carbocycles. The smallest absolute Gasteiger partial charge is 0.320 e. The van der Waals surface area contributed by atoms with Gasteiger partial charge in [0.2, 0.25) is 0 Å². The third-order valence-electron chi connectivity index (χ3n) is 3.48. The van der Waals surface area contributed by atoms with Crippen LogP contribution in [0.5, 0.6) is 0 Å². The summed E-state index contributed by atoms with van der Waals surface area (Å²) in [6.45, 7) is 7.43. The monoisotopic (exact) mass is 286 g/mol. The predicted molar refractivity (Wildman–Crippen MR) is 83.9 cm³/mol. The van der Waals surface area contributed by atoms with E-state index < -0.39 is 0 Å². The number of carbonyl (C=O) groups is 1. The first-order valence-electron chi connectivity index (χ1n) is 7.34. The van der Waals surface area contributed by atoms with E-state index in [1.165, 1.54) is 5.56 Å². The minimum Gasteiger partial charge on any atom is -0.465 e. The maximum absolute atomic E-state index is 11.7. The number of hydrogen-bond acceptors (Lipinski definition) is 4. The number of fused-ring (bicyclic) bond motifs is 1. The Bertz CT molecular complexity index is 605. The van der Waals surface area contributed by atoms with Crippen LogP contribution in [0.2, 0.25) is 0 Å². The first-order valence-corrected chi connectivity index (χ1v) is 7.34. The number of carbonyl (C=O) groups excluding carboxylic acids is 1. The number of rotatable bonds is 6. The summed E-state index contributed by atoms with van der Waals surface area (Å²) in [5, 5.41) is 1.13. The van der Waals surface area contributed by atoms with Crippen molar-refractivity contribution in [1.29, 1.82) is 0 Å². The third kappa shape index (κ3) is 4.02. The lowest BCUT2D eigenvalue weighted by molar-refractivity contribution is -0.145. The van der Waals surface area contributed by atoms with Gasteiger partial charge in [-0.1, -0.05) is 18.2 Å². The van der Waals surface area contributed by atoms with E-state index in [9.17, 15) is 4.79 Å². The van der Waals surface area contributed by atoms with E-state index in [0.717, 1.165) is 10.9 Å². The van der Waals surface area contributed by atoms with Crippen LogP contribution in [0.3, 0.4) is 0 Å². The van der Waals surface area contributed by atoms with Crippen LogP contribution in [0.4, 0.5) is 0 Å². The molecule has 0 amide bonds. The molecule has 0 saturated heterocycles. The Kier molecular flexibility index (Phi) is 5.28. The van der Waals surface area contributed by atoms with Crippen molar-refractivity contribution >= 4 is 16.9 Å². The fourth-order valence-electron chi connectivity index (χ4n) is 2.31. The molecular weight excluding hydrogens is 264 g/mol. The molecule has 0 aliphatic heterocycles. The molecule has 0 bridgehead atoms. The molecular formula is C17H22N2O2. The molecule has 0 aliphatic rings. The molecule has 1 aromatic heterocycles. The van der Waals surface area contributed by atoms with E-state index in [4.69, 9.17) is 4.74 Å². The summed E-state index contributed by atoms with van der Waals surface area (Å²) in [5.41, 5.74) is 2.16. The van der Waals surface area contributed by atoms with Crippen LogP contribution in [0.15, 0.2) is 36.5 Å². The summed E-state index contributed by atoms with van der Waals surface area (Å²) in [4.78, 5) is 18.2. The van der Waals surface area contributed by atoms with Gasteiger partial charge in [0, 0.05) is 24.2 Å². The fourth-order valence-corrected chi connectivity index (χ4v) is 2.31. The molecule has 0 N–H and O–H groups in total. The van der Waals surface area contributed by atoms with Gasteiger partial charge in [-0.15, -0.1) is 0 Å². The van der Waals surface area contributed by atoms with Crippen LogP contribution in [0.1, 0.15) is 26.3 Å². The Hall–Kier alpha value is -1.94. The standard InChI is InChI=1S/C17H22N2O2/c1-4-21-17(20)12-19(13(2)3)11-14-9-10-18-16-8-6-5-7-15(14)16/h5-10,13H,4,11-12H2,1-3H3. The molecule has 1 heterocycles. The largest absolute Gasteiger partial charge is 0.465 e. The second kappa shape index (κ2) is 7.18. The van der Waals surface area contributed by atoms with Gasteiger partial charge in [-0.05, 0) is 38.5 Å². The zero-order chi connectivity index (χ0) is 15.2. The summed E-state index contributed by atoms with van der Waals surface area (Å²) < 4.78 is 5.05. The number of esters is 1. The van der Waals surface area contributed by atoms with E-state index in [1.54, 1.807) is 0 Å². The Labute approximate surface area is 125 Å². The van der Waals surface area contributed by atoms with Crippen molar-refractivity contribution < 1.29 is 9.53 Å². The SMILES string of the molecule is CCOC(=O)CN(Cc1ccnc2ccccc12)C(C)C. The molecule has 0 fully saturated rings. The summed E-state index contributed by atoms with van der Waals surface area (Å²) in [7, 11) is 0. The van der Waals surface area contributed by atoms with Gasteiger partial charge in [0.05, 0.1) is 18.7 Å². The van der Waals surface area contributed by atoms with Crippen LogP contribution in [-0.2, 0) is 16.1 Å². The highest BCUT2D eigenvalue weighted by Crippen LogP contribution is 2.18. The Balaban J connectivity index is 2.21. The highest BCUT2D eigenvalue weighted by atomic mass is 16.5. The second-order valence-corrected chi connectivity index (χ2v) is 5.29. The fraction of sp³-hybridized carbons (Fsp3) is 0.412. The van der Waals surface area contributed by atoms with Crippen LogP contribution >= 0.6 is 0 Å². The van der Waals surface area contributed by atoms with E-state index >= 15 is 0 Å². The third-order valence-corrected chi connectivity index (χ3v) is 3.48. The number of pyridine rings is 1. The minimum atomic E-state index is -0.176. The van der Waals surface area contributed by atoms with E-state index in [-0.39, 0.29) is 12.0 Å². The minimum absolute atomic E-state index is 0.176. The van der Waals surface area contributed by atoms with E-state index in [1.807, 2.05) is 37.4 Å². The summed E-state index contributed by atoms with van der Waals surface area (Å²) >= 11 is 0. The average molecular weight is 286 g/mol. The quantitative estimate of drug-likeness (QED) is 0.766. The van der Waals surface area contributed by atoms with Crippen molar-refractivity contribution in [1.82, 2.24) is 9.88 Å². The molecule has 21 heavy (non-hydrogen) atoms. The molecule has 112 valence electrons. The predicted octanol–water partition coefficient (Wildman–Crippen LogP) is 3.01. The lowest BCUT2D eigenvalue weighted by Crippen LogP contribution is -2.36. The van der Waals surface area contributed by atoms with E-state index in [2.05, 4.69) is 29.8 Å². The first-order chi connectivity index (χ1) is 10.1. The molecule has 4 heteroatoms. The molecule has 2 aromatic rings. The highest BCUT2D eigenvalue weighted by molar-refractivity contribution is 5.81. The van der Waals surface area contributed by atoms with Crippen LogP contribution in [0.25, 0.3) is 10.9 Å². The molecule has 0 atom stereocenters. The summed E-state index contributed by atoms with van der Waals surface area (Å²) in [5.74, 6) is -0.176. The first kappa shape index (κ1) is 15.4. The lowest BCUT2D eigenvalue weighted by Gasteiger charge is -2.25. The molecule has 0 spiro atoms. The van der Waals surface area contributed by atoms with Crippen molar-refractivity contribution in [3.8, 4) is 0 Å². The number of nitrogens with zero attached hydrogens (tertiary/aromatic N) is 2. The number of ether oxygens (including phenoxy) is 1. The topological polar surface area (TPSA) is 42.4 Å². The second-order valence-electron chi connectivity index (χ2n) is 5.29. The number of benzene rings is 1. The van der Waals surface area contributed by atoms with Crippen molar-refractivity contribution in [2.24, 2.45) is 0 Å². The molecule has 4 nitrogen and oxygen atoms in total. The highest BCUT2D eigenvalue weighted by Gasteiger charge is 2.16. The maximum atomic E-state index is 11.7. The van der Waals surface area contributed by atoms with Gasteiger partial charge in [0.15, 0.2) is 0 Å². The van der Waals surface area contributed by atoms with Crippen molar-refractivity contribution in [2.75, 3.05) is 13.2 Å². The van der Waals surface area contributed by atoms with Crippen LogP contribution in [-0.4, -0.2) is 35.0 Å². The lowest BCUT2D eigenvalue weighted by atomic mass is 10.1. The van der Waals surface area contributed by atoms with Crippen LogP contribution in [0, 0.1) is 0 Å². The zero-order valence-electron chi connectivity index (χ0n) is 12.9. The van der Waals surface area contributed by atoms with Gasteiger partial charge in [-0.3, -0.25) is 14.7 Å². The summed E-state index contributed by atoms with van der Waals surface area (Å²) in [6.07, 6.45) is 1.82. The number of aromatic nitrogens is 1. The Morgan fingerprint density at radius 3 is 2.76 bits per heavy atom. The molecule has 0 unspecified atom stereocenters. The van der Waals surface area contributed by atoms with Gasteiger partial charge in [0.1, 0.15) is 0 Å². The zero-order valence-corrected chi connectivity index (χ0v) is 12.9. The Morgan fingerprint density at radius 2 is 2.05 bits per heavy atom. The van der Waals surface area contributed by atoms with Crippen molar-refractivity contribution in [3.63, 3.8) is 0 Å². The molecule has 1 aromatic carbocycles. The van der Waals surface area contributed by atoms with Gasteiger partial charge in [0.25, 0.3) is 0 Å².